The SMILES string of the molecule is O=C([O-])N(CCc1ccccc1)C(F)(F)F. The van der Waals surface area contributed by atoms with Gasteiger partial charge in [0.15, 0.2) is 0 Å². The third-order valence-corrected chi connectivity index (χ3v) is 1.99. The molecule has 6 heteroatoms. The Morgan fingerprint density at radius 3 is 2.25 bits per heavy atom. The molecule has 0 aliphatic heterocycles. The van der Waals surface area contributed by atoms with E-state index < -0.39 is 23.8 Å². The maximum Gasteiger partial charge on any atom is 0.485 e. The van der Waals surface area contributed by atoms with Crippen molar-refractivity contribution >= 4 is 6.09 Å². The zero-order valence-corrected chi connectivity index (χ0v) is 8.20. The summed E-state index contributed by atoms with van der Waals surface area (Å²) in [5.41, 5.74) is 0.637. The molecule has 1 aromatic rings. The number of amides is 1. The summed E-state index contributed by atoms with van der Waals surface area (Å²) in [5.74, 6) is 0. The lowest BCUT2D eigenvalue weighted by molar-refractivity contribution is -0.311. The second kappa shape index (κ2) is 4.87. The molecule has 88 valence electrons. The van der Waals surface area contributed by atoms with Gasteiger partial charge in [0.1, 0.15) is 6.09 Å². The van der Waals surface area contributed by atoms with Crippen LogP contribution in [0.25, 0.3) is 0 Å². The van der Waals surface area contributed by atoms with Gasteiger partial charge in [-0.2, -0.15) is 13.2 Å². The molecule has 0 atom stereocenters. The second-order valence-electron chi connectivity index (χ2n) is 3.12. The Kier molecular flexibility index (Phi) is 3.76. The number of carbonyl (C=O) groups is 1. The fourth-order valence-electron chi connectivity index (χ4n) is 1.21. The number of benzene rings is 1. The highest BCUT2D eigenvalue weighted by atomic mass is 19.4. The van der Waals surface area contributed by atoms with Crippen LogP contribution in [0.3, 0.4) is 0 Å². The Hall–Kier alpha value is -1.72. The third kappa shape index (κ3) is 3.45. The first-order valence-corrected chi connectivity index (χ1v) is 4.50. The van der Waals surface area contributed by atoms with Crippen LogP contribution in [-0.4, -0.2) is 23.8 Å². The Morgan fingerprint density at radius 2 is 1.81 bits per heavy atom. The number of hydrogen-bond donors (Lipinski definition) is 0. The maximum atomic E-state index is 12.2. The Balaban J connectivity index is 2.62. The minimum absolute atomic E-state index is 0.00563. The number of hydrogen-bond acceptors (Lipinski definition) is 2. The molecule has 0 aliphatic carbocycles. The molecule has 0 N–H and O–H groups in total. The van der Waals surface area contributed by atoms with Crippen molar-refractivity contribution in [1.82, 2.24) is 4.90 Å². The molecule has 0 aliphatic rings. The summed E-state index contributed by atoms with van der Waals surface area (Å²) in [7, 11) is 0. The molecule has 0 saturated carbocycles. The van der Waals surface area contributed by atoms with Crippen LogP contribution in [0.15, 0.2) is 30.3 Å². The van der Waals surface area contributed by atoms with Gasteiger partial charge < -0.3 is 9.90 Å². The number of alkyl halides is 3. The average Bonchev–Trinajstić information content (AvgIpc) is 2.17. The quantitative estimate of drug-likeness (QED) is 0.739. The third-order valence-electron chi connectivity index (χ3n) is 1.99. The smallest absolute Gasteiger partial charge is 0.485 e. The summed E-state index contributed by atoms with van der Waals surface area (Å²) in [5, 5.41) is 10.3. The first kappa shape index (κ1) is 12.4. The highest BCUT2D eigenvalue weighted by Gasteiger charge is 2.36. The van der Waals surface area contributed by atoms with E-state index in [2.05, 4.69) is 0 Å². The molecule has 1 rings (SSSR count). The van der Waals surface area contributed by atoms with E-state index in [4.69, 9.17) is 0 Å². The van der Waals surface area contributed by atoms with Crippen LogP contribution in [0.4, 0.5) is 18.0 Å². The van der Waals surface area contributed by atoms with Gasteiger partial charge in [-0.3, -0.25) is 4.90 Å². The van der Waals surface area contributed by atoms with Gasteiger partial charge >= 0.3 is 6.30 Å². The number of carboxylic acid groups (broad SMARTS) is 1. The molecule has 1 aromatic carbocycles. The van der Waals surface area contributed by atoms with Crippen molar-refractivity contribution in [2.75, 3.05) is 6.54 Å². The summed E-state index contributed by atoms with van der Waals surface area (Å²) >= 11 is 0. The summed E-state index contributed by atoms with van der Waals surface area (Å²) in [6.45, 7) is -0.657. The van der Waals surface area contributed by atoms with E-state index in [9.17, 15) is 23.1 Å². The van der Waals surface area contributed by atoms with E-state index in [1.165, 1.54) is 0 Å². The van der Waals surface area contributed by atoms with Gasteiger partial charge in [0.05, 0.1) is 0 Å². The minimum Gasteiger partial charge on any atom is -0.530 e. The fraction of sp³-hybridized carbons (Fsp3) is 0.300. The Bertz CT molecular complexity index is 351. The zero-order chi connectivity index (χ0) is 12.2. The molecule has 16 heavy (non-hydrogen) atoms. The van der Waals surface area contributed by atoms with Gasteiger partial charge in [-0.1, -0.05) is 30.3 Å². The van der Waals surface area contributed by atoms with Gasteiger partial charge in [-0.15, -0.1) is 0 Å². The van der Waals surface area contributed by atoms with Crippen LogP contribution in [-0.2, 0) is 6.42 Å². The van der Waals surface area contributed by atoms with Crippen molar-refractivity contribution in [2.45, 2.75) is 12.7 Å². The van der Waals surface area contributed by atoms with Crippen molar-refractivity contribution in [2.24, 2.45) is 0 Å². The van der Waals surface area contributed by atoms with Crippen molar-refractivity contribution in [1.29, 1.82) is 0 Å². The van der Waals surface area contributed by atoms with Crippen molar-refractivity contribution in [3.63, 3.8) is 0 Å². The van der Waals surface area contributed by atoms with Crippen LogP contribution < -0.4 is 5.11 Å². The molecule has 0 saturated heterocycles. The number of halogens is 3. The first-order valence-electron chi connectivity index (χ1n) is 4.50. The molecule has 0 radical (unpaired) electrons. The van der Waals surface area contributed by atoms with Crippen LogP contribution >= 0.6 is 0 Å². The molecular weight excluding hydrogens is 223 g/mol. The monoisotopic (exact) mass is 232 g/mol. The molecule has 1 amide bonds. The predicted octanol–water partition coefficient (Wildman–Crippen LogP) is 1.39. The minimum atomic E-state index is -4.91. The largest absolute Gasteiger partial charge is 0.530 e. The van der Waals surface area contributed by atoms with Gasteiger partial charge in [0.25, 0.3) is 0 Å². The fourth-order valence-corrected chi connectivity index (χ4v) is 1.21. The standard InChI is InChI=1S/C10H10F3NO2/c11-10(12,13)14(9(15)16)7-6-8-4-2-1-3-5-8/h1-5H,6-7H2,(H,15,16)/p-1. The second-order valence-corrected chi connectivity index (χ2v) is 3.12. The van der Waals surface area contributed by atoms with Crippen LogP contribution in [0.5, 0.6) is 0 Å². The van der Waals surface area contributed by atoms with E-state index in [0.29, 0.717) is 5.56 Å². The molecule has 0 spiro atoms. The normalized spacial score (nSPS) is 11.2. The lowest BCUT2D eigenvalue weighted by Gasteiger charge is -2.26. The van der Waals surface area contributed by atoms with Crippen molar-refractivity contribution in [3.8, 4) is 0 Å². The van der Waals surface area contributed by atoms with Gasteiger partial charge in [0, 0.05) is 6.54 Å². The highest BCUT2D eigenvalue weighted by Crippen LogP contribution is 2.20. The van der Waals surface area contributed by atoms with E-state index >= 15 is 0 Å². The van der Waals surface area contributed by atoms with Crippen LogP contribution in [0.1, 0.15) is 5.56 Å². The average molecular weight is 232 g/mol. The number of nitrogens with zero attached hydrogens (tertiary/aromatic N) is 1. The van der Waals surface area contributed by atoms with Crippen molar-refractivity contribution < 1.29 is 23.1 Å². The zero-order valence-electron chi connectivity index (χ0n) is 8.20. The molecule has 0 aromatic heterocycles. The lowest BCUT2D eigenvalue weighted by Crippen LogP contribution is -2.50. The lowest BCUT2D eigenvalue weighted by atomic mass is 10.1. The van der Waals surface area contributed by atoms with Crippen LogP contribution in [0.2, 0.25) is 0 Å². The highest BCUT2D eigenvalue weighted by molar-refractivity contribution is 5.62. The molecule has 3 nitrogen and oxygen atoms in total. The predicted molar refractivity (Wildman–Crippen MR) is 48.3 cm³/mol. The molecular formula is C10H9F3NO2-. The maximum absolute atomic E-state index is 12.2. The van der Waals surface area contributed by atoms with E-state index in [1.807, 2.05) is 0 Å². The van der Waals surface area contributed by atoms with Crippen molar-refractivity contribution in [3.05, 3.63) is 35.9 Å². The van der Waals surface area contributed by atoms with Crippen LogP contribution in [0, 0.1) is 0 Å². The number of carbonyl (C=O) groups excluding carboxylic acids is 1. The first-order chi connectivity index (χ1) is 7.41. The summed E-state index contributed by atoms with van der Waals surface area (Å²) in [6, 6.07) is 8.33. The molecule has 0 bridgehead atoms. The van der Waals surface area contributed by atoms with E-state index in [-0.39, 0.29) is 6.42 Å². The van der Waals surface area contributed by atoms with Gasteiger partial charge in [-0.25, -0.2) is 0 Å². The topological polar surface area (TPSA) is 43.4 Å². The van der Waals surface area contributed by atoms with Gasteiger partial charge in [0.2, 0.25) is 0 Å². The molecule has 0 unspecified atom stereocenters. The summed E-state index contributed by atoms with van der Waals surface area (Å²) < 4.78 is 36.5. The Morgan fingerprint density at radius 1 is 1.25 bits per heavy atom. The molecule has 0 heterocycles. The van der Waals surface area contributed by atoms with E-state index in [1.54, 1.807) is 30.3 Å². The van der Waals surface area contributed by atoms with E-state index in [0.717, 1.165) is 0 Å². The summed E-state index contributed by atoms with van der Waals surface area (Å²) in [4.78, 5) is 9.62. The molecule has 0 fully saturated rings. The number of rotatable bonds is 3. The summed E-state index contributed by atoms with van der Waals surface area (Å²) in [6.07, 6.45) is -7.15. The van der Waals surface area contributed by atoms with Gasteiger partial charge in [-0.05, 0) is 12.0 Å². The Labute approximate surface area is 90.1 Å².